The van der Waals surface area contributed by atoms with Gasteiger partial charge in [0, 0.05) is 11.6 Å². The third-order valence-corrected chi connectivity index (χ3v) is 5.10. The quantitative estimate of drug-likeness (QED) is 0.912. The Bertz CT molecular complexity index is 702. The van der Waals surface area contributed by atoms with E-state index in [0.29, 0.717) is 11.4 Å². The Labute approximate surface area is 128 Å². The molecule has 2 rings (SSSR count). The van der Waals surface area contributed by atoms with E-state index < -0.39 is 10.0 Å². The van der Waals surface area contributed by atoms with Gasteiger partial charge in [-0.1, -0.05) is 53.5 Å². The molecule has 0 aliphatic carbocycles. The zero-order chi connectivity index (χ0) is 14.6. The Balaban J connectivity index is 2.04. The second-order valence-electron chi connectivity index (χ2n) is 4.17. The first-order chi connectivity index (χ1) is 9.50. The summed E-state index contributed by atoms with van der Waals surface area (Å²) in [7, 11) is -3.60. The molecule has 0 radical (unpaired) electrons. The van der Waals surface area contributed by atoms with E-state index in [2.05, 4.69) is 4.72 Å². The molecule has 2 aromatic rings. The van der Waals surface area contributed by atoms with E-state index in [0.717, 1.165) is 5.56 Å². The minimum atomic E-state index is -3.60. The lowest BCUT2D eigenvalue weighted by molar-refractivity contribution is 0.581. The van der Waals surface area contributed by atoms with Crippen molar-refractivity contribution >= 4 is 33.2 Å². The van der Waals surface area contributed by atoms with Crippen molar-refractivity contribution in [2.24, 2.45) is 0 Å². The zero-order valence-corrected chi connectivity index (χ0v) is 12.8. The van der Waals surface area contributed by atoms with Gasteiger partial charge in [-0.2, -0.15) is 0 Å². The molecule has 0 saturated carbocycles. The summed E-state index contributed by atoms with van der Waals surface area (Å²) < 4.78 is 26.7. The first kappa shape index (κ1) is 15.3. The average molecular weight is 330 g/mol. The summed E-state index contributed by atoms with van der Waals surface area (Å²) in [5.74, 6) is 0. The minimum Gasteiger partial charge on any atom is -0.211 e. The standard InChI is InChI=1S/C14H13Cl2NO2S/c15-12-6-2-1-5-11(12)9-10-17-20(18,19)14-8-4-3-7-13(14)16/h1-8,17H,9-10H2. The summed E-state index contributed by atoms with van der Waals surface area (Å²) in [4.78, 5) is 0.0841. The maximum Gasteiger partial charge on any atom is 0.242 e. The molecular formula is C14H13Cl2NO2S. The molecule has 0 spiro atoms. The maximum absolute atomic E-state index is 12.1. The van der Waals surface area contributed by atoms with Gasteiger partial charge in [0.05, 0.1) is 5.02 Å². The Morgan fingerprint density at radius 1 is 0.900 bits per heavy atom. The van der Waals surface area contributed by atoms with E-state index in [-0.39, 0.29) is 16.5 Å². The van der Waals surface area contributed by atoms with E-state index in [1.165, 1.54) is 6.07 Å². The van der Waals surface area contributed by atoms with Gasteiger partial charge in [-0.15, -0.1) is 0 Å². The molecule has 0 aliphatic heterocycles. The second kappa shape index (κ2) is 6.59. The highest BCUT2D eigenvalue weighted by atomic mass is 35.5. The first-order valence-corrected chi connectivity index (χ1v) is 8.22. The Kier molecular flexibility index (Phi) is 5.05. The molecule has 0 heterocycles. The van der Waals surface area contributed by atoms with Gasteiger partial charge in [-0.25, -0.2) is 13.1 Å². The summed E-state index contributed by atoms with van der Waals surface area (Å²) in [6.07, 6.45) is 0.517. The van der Waals surface area contributed by atoms with Crippen molar-refractivity contribution in [1.82, 2.24) is 4.72 Å². The van der Waals surface area contributed by atoms with Crippen LogP contribution in [-0.2, 0) is 16.4 Å². The van der Waals surface area contributed by atoms with Crippen LogP contribution in [-0.4, -0.2) is 15.0 Å². The molecular weight excluding hydrogens is 317 g/mol. The van der Waals surface area contributed by atoms with Gasteiger partial charge in [-0.3, -0.25) is 0 Å². The SMILES string of the molecule is O=S(=O)(NCCc1ccccc1Cl)c1ccccc1Cl. The lowest BCUT2D eigenvalue weighted by Gasteiger charge is -2.08. The van der Waals surface area contributed by atoms with Crippen molar-refractivity contribution in [3.8, 4) is 0 Å². The van der Waals surface area contributed by atoms with Crippen molar-refractivity contribution in [1.29, 1.82) is 0 Å². The maximum atomic E-state index is 12.1. The van der Waals surface area contributed by atoms with Crippen LogP contribution in [0.25, 0.3) is 0 Å². The molecule has 2 aromatic carbocycles. The number of sulfonamides is 1. The highest BCUT2D eigenvalue weighted by Crippen LogP contribution is 2.20. The largest absolute Gasteiger partial charge is 0.242 e. The molecule has 0 bridgehead atoms. The molecule has 0 aliphatic rings. The molecule has 0 amide bonds. The third kappa shape index (κ3) is 3.73. The predicted molar refractivity (Wildman–Crippen MR) is 81.8 cm³/mol. The minimum absolute atomic E-state index is 0.0841. The molecule has 0 unspecified atom stereocenters. The van der Waals surface area contributed by atoms with Crippen LogP contribution in [0.4, 0.5) is 0 Å². The fraction of sp³-hybridized carbons (Fsp3) is 0.143. The van der Waals surface area contributed by atoms with Gasteiger partial charge in [0.25, 0.3) is 0 Å². The van der Waals surface area contributed by atoms with Crippen molar-refractivity contribution in [2.45, 2.75) is 11.3 Å². The van der Waals surface area contributed by atoms with E-state index in [1.54, 1.807) is 24.3 Å². The van der Waals surface area contributed by atoms with Crippen LogP contribution in [0.2, 0.25) is 10.0 Å². The highest BCUT2D eigenvalue weighted by molar-refractivity contribution is 7.89. The van der Waals surface area contributed by atoms with Gasteiger partial charge < -0.3 is 0 Å². The lowest BCUT2D eigenvalue weighted by Crippen LogP contribution is -2.26. The number of nitrogens with one attached hydrogen (secondary N) is 1. The molecule has 0 saturated heterocycles. The molecule has 0 atom stereocenters. The number of halogens is 2. The lowest BCUT2D eigenvalue weighted by atomic mass is 10.1. The summed E-state index contributed by atoms with van der Waals surface area (Å²) >= 11 is 11.9. The third-order valence-electron chi connectivity index (χ3n) is 2.77. The molecule has 6 heteroatoms. The van der Waals surface area contributed by atoms with Crippen LogP contribution < -0.4 is 4.72 Å². The van der Waals surface area contributed by atoms with Gasteiger partial charge >= 0.3 is 0 Å². The number of rotatable bonds is 5. The average Bonchev–Trinajstić information content (AvgIpc) is 2.41. The molecule has 3 nitrogen and oxygen atoms in total. The number of hydrogen-bond acceptors (Lipinski definition) is 2. The Morgan fingerprint density at radius 3 is 2.15 bits per heavy atom. The first-order valence-electron chi connectivity index (χ1n) is 5.98. The fourth-order valence-corrected chi connectivity index (χ4v) is 3.54. The highest BCUT2D eigenvalue weighted by Gasteiger charge is 2.16. The molecule has 20 heavy (non-hydrogen) atoms. The number of benzene rings is 2. The van der Waals surface area contributed by atoms with E-state index >= 15 is 0 Å². The summed E-state index contributed by atoms with van der Waals surface area (Å²) in [5.41, 5.74) is 0.899. The van der Waals surface area contributed by atoms with Crippen LogP contribution in [0.15, 0.2) is 53.4 Å². The summed E-state index contributed by atoms with van der Waals surface area (Å²) in [6, 6.07) is 13.7. The normalized spacial score (nSPS) is 11.5. The van der Waals surface area contributed by atoms with Gasteiger partial charge in [0.2, 0.25) is 10.0 Å². The zero-order valence-electron chi connectivity index (χ0n) is 10.5. The van der Waals surface area contributed by atoms with Crippen LogP contribution >= 0.6 is 23.2 Å². The van der Waals surface area contributed by atoms with Crippen molar-refractivity contribution in [2.75, 3.05) is 6.54 Å². The summed E-state index contributed by atoms with van der Waals surface area (Å²) in [6.45, 7) is 0.261. The van der Waals surface area contributed by atoms with Crippen LogP contribution in [0.5, 0.6) is 0 Å². The van der Waals surface area contributed by atoms with E-state index in [1.807, 2.05) is 18.2 Å². The van der Waals surface area contributed by atoms with Crippen LogP contribution in [0, 0.1) is 0 Å². The molecule has 106 valence electrons. The van der Waals surface area contributed by atoms with E-state index in [9.17, 15) is 8.42 Å². The predicted octanol–water partition coefficient (Wildman–Crippen LogP) is 3.51. The summed E-state index contributed by atoms with van der Waals surface area (Å²) in [5, 5.41) is 0.835. The van der Waals surface area contributed by atoms with Gasteiger partial charge in [0.15, 0.2) is 0 Å². The van der Waals surface area contributed by atoms with Crippen molar-refractivity contribution in [3.05, 3.63) is 64.1 Å². The van der Waals surface area contributed by atoms with Gasteiger partial charge in [-0.05, 0) is 30.2 Å². The van der Waals surface area contributed by atoms with Gasteiger partial charge in [0.1, 0.15) is 4.90 Å². The number of hydrogen-bond donors (Lipinski definition) is 1. The monoisotopic (exact) mass is 329 g/mol. The molecule has 1 N–H and O–H groups in total. The topological polar surface area (TPSA) is 46.2 Å². The van der Waals surface area contributed by atoms with E-state index in [4.69, 9.17) is 23.2 Å². The molecule has 0 aromatic heterocycles. The van der Waals surface area contributed by atoms with Crippen molar-refractivity contribution < 1.29 is 8.42 Å². The van der Waals surface area contributed by atoms with Crippen LogP contribution in [0.3, 0.4) is 0 Å². The molecule has 0 fully saturated rings. The Morgan fingerprint density at radius 2 is 1.50 bits per heavy atom. The van der Waals surface area contributed by atoms with Crippen molar-refractivity contribution in [3.63, 3.8) is 0 Å². The fourth-order valence-electron chi connectivity index (χ4n) is 1.76. The Hall–Kier alpha value is -1.07. The smallest absolute Gasteiger partial charge is 0.211 e. The second-order valence-corrected chi connectivity index (χ2v) is 6.72. The van der Waals surface area contributed by atoms with Crippen LogP contribution in [0.1, 0.15) is 5.56 Å².